The Labute approximate surface area is 153 Å². The Bertz CT molecular complexity index is 680. The van der Waals surface area contributed by atoms with E-state index >= 15 is 0 Å². The van der Waals surface area contributed by atoms with Gasteiger partial charge in [-0.3, -0.25) is 9.59 Å². The second kappa shape index (κ2) is 6.74. The molecule has 0 aromatic rings. The standard InChI is InChI=1S/C20H26O6/c1-10(2)19(24)25-16-8-20(4)17(23)7-15(26-20)13(9-21)5-12-6-14(22)11(3)18(12)16/h12-13,15-16,18,21H,1,3,5-9H2,2,4H3/t12-,13?,15?,16-,18-,20?/m0/s1. The molecule has 3 aliphatic rings. The van der Waals surface area contributed by atoms with E-state index in [0.717, 1.165) is 0 Å². The lowest BCUT2D eigenvalue weighted by atomic mass is 9.76. The molecule has 26 heavy (non-hydrogen) atoms. The first-order chi connectivity index (χ1) is 12.2. The first-order valence-electron chi connectivity index (χ1n) is 9.06. The maximum absolute atomic E-state index is 12.6. The fourth-order valence-corrected chi connectivity index (χ4v) is 4.59. The smallest absolute Gasteiger partial charge is 0.333 e. The minimum atomic E-state index is -1.10. The van der Waals surface area contributed by atoms with Crippen LogP contribution in [-0.4, -0.2) is 47.1 Å². The number of fused-ring (bicyclic) bond motifs is 3. The SMILES string of the molecule is C=C(C)C(=O)O[C@H]1CC2(C)OC(CC2=O)C(CO)C[C@H]2CC(=O)C(=C)[C@@H]21. The fraction of sp³-hybridized carbons (Fsp3) is 0.650. The number of ketones is 2. The molecule has 0 spiro atoms. The molecule has 6 atom stereocenters. The fourth-order valence-electron chi connectivity index (χ4n) is 4.59. The van der Waals surface area contributed by atoms with Crippen molar-refractivity contribution in [1.29, 1.82) is 0 Å². The molecular weight excluding hydrogens is 336 g/mol. The molecule has 1 saturated carbocycles. The molecule has 0 radical (unpaired) electrons. The minimum Gasteiger partial charge on any atom is -0.458 e. The minimum absolute atomic E-state index is 0.0432. The molecule has 6 nitrogen and oxygen atoms in total. The average Bonchev–Trinajstić information content (AvgIpc) is 3.01. The van der Waals surface area contributed by atoms with Gasteiger partial charge in [-0.1, -0.05) is 13.2 Å². The number of rotatable bonds is 3. The van der Waals surface area contributed by atoms with Gasteiger partial charge < -0.3 is 14.6 Å². The summed E-state index contributed by atoms with van der Waals surface area (Å²) < 4.78 is 11.7. The summed E-state index contributed by atoms with van der Waals surface area (Å²) in [5.41, 5.74) is -0.412. The summed E-state index contributed by atoms with van der Waals surface area (Å²) in [5, 5.41) is 9.83. The molecule has 2 saturated heterocycles. The van der Waals surface area contributed by atoms with Crippen LogP contribution in [-0.2, 0) is 23.9 Å². The van der Waals surface area contributed by atoms with Crippen LogP contribution < -0.4 is 0 Å². The topological polar surface area (TPSA) is 89.9 Å². The van der Waals surface area contributed by atoms with Crippen molar-refractivity contribution in [2.75, 3.05) is 6.61 Å². The van der Waals surface area contributed by atoms with Gasteiger partial charge in [-0.2, -0.15) is 0 Å². The summed E-state index contributed by atoms with van der Waals surface area (Å²) in [6.07, 6.45) is 0.188. The molecule has 0 amide bonds. The zero-order chi connectivity index (χ0) is 19.2. The Morgan fingerprint density at radius 1 is 1.38 bits per heavy atom. The molecular formula is C20H26O6. The first-order valence-corrected chi connectivity index (χ1v) is 9.06. The molecule has 1 N–H and O–H groups in total. The molecule has 2 bridgehead atoms. The molecule has 0 aromatic carbocycles. The Kier molecular flexibility index (Phi) is 4.92. The van der Waals surface area contributed by atoms with Gasteiger partial charge in [-0.05, 0) is 31.8 Å². The lowest BCUT2D eigenvalue weighted by Crippen LogP contribution is -2.41. The van der Waals surface area contributed by atoms with Gasteiger partial charge in [0.15, 0.2) is 11.6 Å². The third-order valence-electron chi connectivity index (χ3n) is 6.07. The number of carbonyl (C=O) groups is 3. The number of aliphatic hydroxyl groups excluding tert-OH is 1. The van der Waals surface area contributed by atoms with E-state index in [0.29, 0.717) is 18.4 Å². The summed E-state index contributed by atoms with van der Waals surface area (Å²) in [6, 6.07) is 0. The molecule has 142 valence electrons. The Hall–Kier alpha value is -1.79. The summed E-state index contributed by atoms with van der Waals surface area (Å²) in [6.45, 7) is 10.7. The summed E-state index contributed by atoms with van der Waals surface area (Å²) in [7, 11) is 0. The molecule has 3 rings (SSSR count). The maximum Gasteiger partial charge on any atom is 0.333 e. The highest BCUT2D eigenvalue weighted by Crippen LogP contribution is 2.47. The summed E-state index contributed by atoms with van der Waals surface area (Å²) in [5.74, 6) is -1.35. The van der Waals surface area contributed by atoms with Gasteiger partial charge in [0.2, 0.25) is 0 Å². The predicted molar refractivity (Wildman–Crippen MR) is 93.1 cm³/mol. The van der Waals surface area contributed by atoms with E-state index in [1.54, 1.807) is 13.8 Å². The predicted octanol–water partition coefficient (Wildman–Crippen LogP) is 1.75. The molecule has 0 aromatic heterocycles. The van der Waals surface area contributed by atoms with Gasteiger partial charge in [0.25, 0.3) is 0 Å². The lowest BCUT2D eigenvalue weighted by molar-refractivity contribution is -0.155. The van der Waals surface area contributed by atoms with Crippen LogP contribution in [0.4, 0.5) is 0 Å². The second-order valence-corrected chi connectivity index (χ2v) is 8.06. The number of aliphatic hydroxyl groups is 1. The van der Waals surface area contributed by atoms with E-state index in [4.69, 9.17) is 9.47 Å². The van der Waals surface area contributed by atoms with Gasteiger partial charge in [-0.15, -0.1) is 0 Å². The van der Waals surface area contributed by atoms with Crippen LogP contribution in [0.15, 0.2) is 24.3 Å². The van der Waals surface area contributed by atoms with Crippen LogP contribution in [0.1, 0.15) is 39.5 Å². The number of Topliss-reactive ketones (excluding diaryl/α,β-unsaturated/α-hetero) is 2. The highest BCUT2D eigenvalue weighted by molar-refractivity contribution is 5.98. The van der Waals surface area contributed by atoms with E-state index in [1.807, 2.05) is 0 Å². The van der Waals surface area contributed by atoms with E-state index in [2.05, 4.69) is 13.2 Å². The quantitative estimate of drug-likeness (QED) is 0.608. The molecule has 3 fully saturated rings. The van der Waals surface area contributed by atoms with Crippen LogP contribution in [0.2, 0.25) is 0 Å². The van der Waals surface area contributed by atoms with Crippen LogP contribution >= 0.6 is 0 Å². The number of hydrogen-bond acceptors (Lipinski definition) is 6. The van der Waals surface area contributed by atoms with E-state index in [1.165, 1.54) is 0 Å². The third-order valence-corrected chi connectivity index (χ3v) is 6.07. The monoisotopic (exact) mass is 362 g/mol. The highest BCUT2D eigenvalue weighted by Gasteiger charge is 2.54. The van der Waals surface area contributed by atoms with E-state index in [9.17, 15) is 19.5 Å². The normalized spacial score (nSPS) is 39.8. The summed E-state index contributed by atoms with van der Waals surface area (Å²) >= 11 is 0. The Balaban J connectivity index is 2.01. The Morgan fingerprint density at radius 2 is 2.08 bits per heavy atom. The zero-order valence-electron chi connectivity index (χ0n) is 15.3. The van der Waals surface area contributed by atoms with Crippen molar-refractivity contribution in [3.8, 4) is 0 Å². The lowest BCUT2D eigenvalue weighted by Gasteiger charge is -2.33. The van der Waals surface area contributed by atoms with Crippen molar-refractivity contribution < 1.29 is 29.0 Å². The van der Waals surface area contributed by atoms with Crippen molar-refractivity contribution in [1.82, 2.24) is 0 Å². The molecule has 2 heterocycles. The van der Waals surface area contributed by atoms with Gasteiger partial charge in [0, 0.05) is 43.3 Å². The average molecular weight is 362 g/mol. The number of hydrogen-bond donors (Lipinski definition) is 1. The zero-order valence-corrected chi connectivity index (χ0v) is 15.3. The molecule has 1 aliphatic carbocycles. The van der Waals surface area contributed by atoms with Gasteiger partial charge >= 0.3 is 5.97 Å². The highest BCUT2D eigenvalue weighted by atomic mass is 16.6. The van der Waals surface area contributed by atoms with Crippen molar-refractivity contribution in [3.05, 3.63) is 24.3 Å². The van der Waals surface area contributed by atoms with Crippen molar-refractivity contribution in [2.45, 2.75) is 57.3 Å². The van der Waals surface area contributed by atoms with Crippen LogP contribution in [0, 0.1) is 17.8 Å². The largest absolute Gasteiger partial charge is 0.458 e. The molecule has 2 aliphatic heterocycles. The first kappa shape index (κ1) is 19.0. The van der Waals surface area contributed by atoms with Gasteiger partial charge in [0.1, 0.15) is 11.7 Å². The van der Waals surface area contributed by atoms with Crippen molar-refractivity contribution in [2.24, 2.45) is 17.8 Å². The van der Waals surface area contributed by atoms with Crippen molar-refractivity contribution in [3.63, 3.8) is 0 Å². The Morgan fingerprint density at radius 3 is 2.69 bits per heavy atom. The van der Waals surface area contributed by atoms with E-state index in [-0.39, 0.29) is 60.4 Å². The van der Waals surface area contributed by atoms with Crippen molar-refractivity contribution >= 4 is 17.5 Å². The van der Waals surface area contributed by atoms with Crippen LogP contribution in [0.3, 0.4) is 0 Å². The number of carbonyl (C=O) groups excluding carboxylic acids is 3. The summed E-state index contributed by atoms with van der Waals surface area (Å²) in [4.78, 5) is 37.1. The molecule has 3 unspecified atom stereocenters. The molecule has 6 heteroatoms. The van der Waals surface area contributed by atoms with Crippen LogP contribution in [0.5, 0.6) is 0 Å². The maximum atomic E-state index is 12.6. The van der Waals surface area contributed by atoms with E-state index < -0.39 is 17.7 Å². The number of esters is 1. The third kappa shape index (κ3) is 3.16. The second-order valence-electron chi connectivity index (χ2n) is 8.06. The van der Waals surface area contributed by atoms with Crippen LogP contribution in [0.25, 0.3) is 0 Å². The number of ether oxygens (including phenoxy) is 2. The van der Waals surface area contributed by atoms with Gasteiger partial charge in [-0.25, -0.2) is 4.79 Å². The van der Waals surface area contributed by atoms with Gasteiger partial charge in [0.05, 0.1) is 6.10 Å².